The zero-order valence-corrected chi connectivity index (χ0v) is 5.93. The third-order valence-electron chi connectivity index (χ3n) is 1.88. The molecule has 66 valence electrons. The van der Waals surface area contributed by atoms with Crippen LogP contribution in [0.15, 0.2) is 0 Å². The number of piperidine rings is 1. The van der Waals surface area contributed by atoms with Gasteiger partial charge in [0, 0.05) is 19.1 Å². The maximum absolute atomic E-state index is 12.6. The summed E-state index contributed by atoms with van der Waals surface area (Å²) in [6, 6.07) is 0. The predicted octanol–water partition coefficient (Wildman–Crippen LogP) is -0.806. The van der Waals surface area contributed by atoms with E-state index in [1.54, 1.807) is 0 Å². The number of aliphatic hydroxyl groups is 2. The fourth-order valence-corrected chi connectivity index (χ4v) is 1.15. The summed E-state index contributed by atoms with van der Waals surface area (Å²) in [6.07, 6.45) is -1.71. The van der Waals surface area contributed by atoms with Gasteiger partial charge in [0.05, 0.1) is 6.54 Å². The standard InChI is InChI=1S/C6H11F2NO2/c7-6(8)3-9-1-4(2-10)5(6)11/h4-5,9-11H,1-3H2/t4-,5-/m1/s1. The zero-order chi connectivity index (χ0) is 8.48. The Bertz CT molecular complexity index is 143. The Morgan fingerprint density at radius 1 is 1.55 bits per heavy atom. The third kappa shape index (κ3) is 1.66. The van der Waals surface area contributed by atoms with Crippen LogP contribution in [0.5, 0.6) is 0 Å². The van der Waals surface area contributed by atoms with Crippen molar-refractivity contribution in [2.24, 2.45) is 5.92 Å². The summed E-state index contributed by atoms with van der Waals surface area (Å²) < 4.78 is 25.2. The molecule has 0 saturated carbocycles. The summed E-state index contributed by atoms with van der Waals surface area (Å²) >= 11 is 0. The maximum atomic E-state index is 12.6. The lowest BCUT2D eigenvalue weighted by Crippen LogP contribution is -2.56. The Morgan fingerprint density at radius 3 is 2.64 bits per heavy atom. The molecule has 1 fully saturated rings. The molecule has 1 aliphatic heterocycles. The second-order valence-corrected chi connectivity index (χ2v) is 2.78. The molecule has 0 radical (unpaired) electrons. The van der Waals surface area contributed by atoms with Crippen LogP contribution in [0, 0.1) is 5.92 Å². The molecule has 0 aromatic carbocycles. The quantitative estimate of drug-likeness (QED) is 0.479. The Kier molecular flexibility index (Phi) is 2.41. The van der Waals surface area contributed by atoms with E-state index in [9.17, 15) is 8.78 Å². The van der Waals surface area contributed by atoms with Gasteiger partial charge in [0.25, 0.3) is 5.92 Å². The molecule has 1 saturated heterocycles. The second kappa shape index (κ2) is 3.00. The van der Waals surface area contributed by atoms with Crippen molar-refractivity contribution in [2.75, 3.05) is 19.7 Å². The third-order valence-corrected chi connectivity index (χ3v) is 1.88. The molecular weight excluding hydrogens is 156 g/mol. The first kappa shape index (κ1) is 8.83. The van der Waals surface area contributed by atoms with E-state index in [1.807, 2.05) is 0 Å². The van der Waals surface area contributed by atoms with E-state index in [2.05, 4.69) is 5.32 Å². The molecule has 1 rings (SSSR count). The lowest BCUT2D eigenvalue weighted by Gasteiger charge is -2.33. The van der Waals surface area contributed by atoms with Crippen LogP contribution in [-0.4, -0.2) is 41.9 Å². The first-order valence-corrected chi connectivity index (χ1v) is 3.45. The predicted molar refractivity (Wildman–Crippen MR) is 34.4 cm³/mol. The normalized spacial score (nSPS) is 37.1. The summed E-state index contributed by atoms with van der Waals surface area (Å²) in [5.74, 6) is -3.86. The molecule has 0 bridgehead atoms. The van der Waals surface area contributed by atoms with Gasteiger partial charge >= 0.3 is 0 Å². The minimum atomic E-state index is -3.11. The largest absolute Gasteiger partial charge is 0.396 e. The van der Waals surface area contributed by atoms with E-state index in [1.165, 1.54) is 0 Å². The smallest absolute Gasteiger partial charge is 0.285 e. The monoisotopic (exact) mass is 167 g/mol. The molecule has 1 aliphatic rings. The van der Waals surface area contributed by atoms with Crippen LogP contribution < -0.4 is 5.32 Å². The van der Waals surface area contributed by atoms with E-state index in [0.29, 0.717) is 0 Å². The van der Waals surface area contributed by atoms with E-state index >= 15 is 0 Å². The number of hydrogen-bond acceptors (Lipinski definition) is 3. The molecule has 0 unspecified atom stereocenters. The molecule has 0 aliphatic carbocycles. The summed E-state index contributed by atoms with van der Waals surface area (Å²) in [5, 5.41) is 19.9. The Balaban J connectivity index is 2.60. The van der Waals surface area contributed by atoms with Gasteiger partial charge in [0.15, 0.2) is 0 Å². The van der Waals surface area contributed by atoms with Crippen molar-refractivity contribution >= 4 is 0 Å². The fraction of sp³-hybridized carbons (Fsp3) is 1.00. The number of aliphatic hydroxyl groups excluding tert-OH is 2. The number of halogens is 2. The first-order chi connectivity index (χ1) is 5.08. The van der Waals surface area contributed by atoms with Crippen LogP contribution in [0.25, 0.3) is 0 Å². The molecule has 0 aromatic rings. The highest BCUT2D eigenvalue weighted by atomic mass is 19.3. The molecule has 3 nitrogen and oxygen atoms in total. The molecule has 0 aromatic heterocycles. The van der Waals surface area contributed by atoms with Crippen LogP contribution in [0.2, 0.25) is 0 Å². The van der Waals surface area contributed by atoms with Crippen LogP contribution in [-0.2, 0) is 0 Å². The van der Waals surface area contributed by atoms with Crippen LogP contribution in [0.3, 0.4) is 0 Å². The summed E-state index contributed by atoms with van der Waals surface area (Å²) in [4.78, 5) is 0. The summed E-state index contributed by atoms with van der Waals surface area (Å²) in [7, 11) is 0. The van der Waals surface area contributed by atoms with Gasteiger partial charge in [-0.15, -0.1) is 0 Å². The van der Waals surface area contributed by atoms with E-state index in [0.717, 1.165) is 0 Å². The van der Waals surface area contributed by atoms with E-state index in [-0.39, 0.29) is 6.54 Å². The number of hydrogen-bond donors (Lipinski definition) is 3. The van der Waals surface area contributed by atoms with E-state index < -0.39 is 31.1 Å². The highest BCUT2D eigenvalue weighted by Crippen LogP contribution is 2.26. The highest BCUT2D eigenvalue weighted by Gasteiger charge is 2.45. The Labute approximate surface area is 63.0 Å². The topological polar surface area (TPSA) is 52.5 Å². The minimum absolute atomic E-state index is 0.243. The molecular formula is C6H11F2NO2. The van der Waals surface area contributed by atoms with Gasteiger partial charge in [-0.1, -0.05) is 0 Å². The molecule has 11 heavy (non-hydrogen) atoms. The van der Waals surface area contributed by atoms with Crippen molar-refractivity contribution in [1.82, 2.24) is 5.32 Å². The number of rotatable bonds is 1. The number of alkyl halides is 2. The van der Waals surface area contributed by atoms with Crippen molar-refractivity contribution in [3.8, 4) is 0 Å². The SMILES string of the molecule is OC[C@H]1CNCC(F)(F)[C@@H]1O. The van der Waals surface area contributed by atoms with E-state index in [4.69, 9.17) is 10.2 Å². The van der Waals surface area contributed by atoms with Gasteiger partial charge in [-0.2, -0.15) is 0 Å². The molecule has 2 atom stereocenters. The molecule has 0 amide bonds. The second-order valence-electron chi connectivity index (χ2n) is 2.78. The summed E-state index contributed by atoms with van der Waals surface area (Å²) in [6.45, 7) is -0.679. The fourth-order valence-electron chi connectivity index (χ4n) is 1.15. The Morgan fingerprint density at radius 2 is 2.18 bits per heavy atom. The van der Waals surface area contributed by atoms with Gasteiger partial charge in [-0.3, -0.25) is 0 Å². The molecule has 1 heterocycles. The number of nitrogens with one attached hydrogen (secondary N) is 1. The summed E-state index contributed by atoms with van der Waals surface area (Å²) in [5.41, 5.74) is 0. The minimum Gasteiger partial charge on any atom is -0.396 e. The van der Waals surface area contributed by atoms with Crippen molar-refractivity contribution in [3.05, 3.63) is 0 Å². The van der Waals surface area contributed by atoms with Crippen LogP contribution in [0.4, 0.5) is 8.78 Å². The molecule has 0 spiro atoms. The zero-order valence-electron chi connectivity index (χ0n) is 5.93. The first-order valence-electron chi connectivity index (χ1n) is 3.45. The van der Waals surface area contributed by atoms with Gasteiger partial charge < -0.3 is 15.5 Å². The average Bonchev–Trinajstić information content (AvgIpc) is 1.95. The molecule has 3 N–H and O–H groups in total. The lowest BCUT2D eigenvalue weighted by molar-refractivity contribution is -0.151. The molecule has 5 heteroatoms. The van der Waals surface area contributed by atoms with Crippen LogP contribution >= 0.6 is 0 Å². The van der Waals surface area contributed by atoms with Crippen molar-refractivity contribution in [3.63, 3.8) is 0 Å². The van der Waals surface area contributed by atoms with Crippen LogP contribution in [0.1, 0.15) is 0 Å². The van der Waals surface area contributed by atoms with Gasteiger partial charge in [0.1, 0.15) is 6.10 Å². The van der Waals surface area contributed by atoms with Crippen molar-refractivity contribution < 1.29 is 19.0 Å². The Hall–Kier alpha value is -0.260. The van der Waals surface area contributed by atoms with Gasteiger partial charge in [-0.05, 0) is 0 Å². The van der Waals surface area contributed by atoms with Gasteiger partial charge in [0.2, 0.25) is 0 Å². The average molecular weight is 167 g/mol. The lowest BCUT2D eigenvalue weighted by atomic mass is 9.94. The van der Waals surface area contributed by atoms with Crippen molar-refractivity contribution in [1.29, 1.82) is 0 Å². The highest BCUT2D eigenvalue weighted by molar-refractivity contribution is 4.89. The maximum Gasteiger partial charge on any atom is 0.285 e. The van der Waals surface area contributed by atoms with Gasteiger partial charge in [-0.25, -0.2) is 8.78 Å². The van der Waals surface area contributed by atoms with Crippen molar-refractivity contribution in [2.45, 2.75) is 12.0 Å².